The van der Waals surface area contributed by atoms with Gasteiger partial charge in [0.05, 0.1) is 17.3 Å². The first-order valence-corrected chi connectivity index (χ1v) is 6.70. The Kier molecular flexibility index (Phi) is 6.13. The molecule has 0 saturated carbocycles. The van der Waals surface area contributed by atoms with Crippen LogP contribution in [0.5, 0.6) is 0 Å². The third kappa shape index (κ3) is 4.98. The predicted octanol–water partition coefficient (Wildman–Crippen LogP) is 2.79. The highest BCUT2D eigenvalue weighted by atomic mass is 19.1. The van der Waals surface area contributed by atoms with Crippen molar-refractivity contribution in [2.75, 3.05) is 5.32 Å². The number of hydrogen-bond donors (Lipinski definition) is 2. The summed E-state index contributed by atoms with van der Waals surface area (Å²) >= 11 is 0. The number of carbonyl (C=O) groups is 1. The molecule has 0 radical (unpaired) electrons. The van der Waals surface area contributed by atoms with Gasteiger partial charge in [-0.05, 0) is 38.0 Å². The maximum atomic E-state index is 13.6. The van der Waals surface area contributed by atoms with Gasteiger partial charge in [0, 0.05) is 12.0 Å². The summed E-state index contributed by atoms with van der Waals surface area (Å²) in [6.07, 6.45) is 2.44. The van der Waals surface area contributed by atoms with Gasteiger partial charge in [-0.2, -0.15) is 5.26 Å². The van der Waals surface area contributed by atoms with E-state index in [1.165, 1.54) is 12.1 Å². The summed E-state index contributed by atoms with van der Waals surface area (Å²) in [5, 5.41) is 11.2. The highest BCUT2D eigenvalue weighted by Crippen LogP contribution is 2.18. The molecule has 0 aliphatic carbocycles. The number of nitrogens with one attached hydrogen (secondary N) is 1. The summed E-state index contributed by atoms with van der Waals surface area (Å²) in [7, 11) is 0. The standard InChI is InChI=1S/C15H20FN3O/c1-10(4-3-5-11(2)18)15(20)19-14-7-6-12(9-17)8-13(14)16/h6-8,10-11H,3-5,18H2,1-2H3,(H,19,20). The van der Waals surface area contributed by atoms with Crippen molar-refractivity contribution < 1.29 is 9.18 Å². The van der Waals surface area contributed by atoms with E-state index in [2.05, 4.69) is 5.32 Å². The highest BCUT2D eigenvalue weighted by molar-refractivity contribution is 5.92. The lowest BCUT2D eigenvalue weighted by atomic mass is 10.0. The zero-order valence-corrected chi connectivity index (χ0v) is 11.8. The van der Waals surface area contributed by atoms with Gasteiger partial charge in [-0.15, -0.1) is 0 Å². The van der Waals surface area contributed by atoms with E-state index >= 15 is 0 Å². The van der Waals surface area contributed by atoms with Crippen molar-refractivity contribution in [1.82, 2.24) is 0 Å². The van der Waals surface area contributed by atoms with Crippen LogP contribution in [0.1, 0.15) is 38.7 Å². The fourth-order valence-electron chi connectivity index (χ4n) is 1.82. The average Bonchev–Trinajstić information content (AvgIpc) is 2.40. The number of rotatable bonds is 6. The lowest BCUT2D eigenvalue weighted by molar-refractivity contribution is -0.119. The van der Waals surface area contributed by atoms with Crippen LogP contribution in [0.3, 0.4) is 0 Å². The molecular formula is C15H20FN3O. The molecule has 3 N–H and O–H groups in total. The molecule has 0 bridgehead atoms. The number of anilines is 1. The van der Waals surface area contributed by atoms with E-state index in [1.807, 2.05) is 13.0 Å². The molecule has 0 aliphatic heterocycles. The minimum Gasteiger partial charge on any atom is -0.328 e. The molecule has 1 amide bonds. The first kappa shape index (κ1) is 16.1. The van der Waals surface area contributed by atoms with Gasteiger partial charge in [-0.25, -0.2) is 4.39 Å². The lowest BCUT2D eigenvalue weighted by Crippen LogP contribution is -2.22. The molecule has 4 nitrogen and oxygen atoms in total. The number of carbonyl (C=O) groups excluding carboxylic acids is 1. The minimum absolute atomic E-state index is 0.105. The zero-order valence-electron chi connectivity index (χ0n) is 11.8. The van der Waals surface area contributed by atoms with Gasteiger partial charge in [0.1, 0.15) is 5.82 Å². The van der Waals surface area contributed by atoms with Gasteiger partial charge >= 0.3 is 0 Å². The number of benzene rings is 1. The molecule has 0 aromatic heterocycles. The Hall–Kier alpha value is -1.93. The van der Waals surface area contributed by atoms with Crippen LogP contribution in [0, 0.1) is 23.1 Å². The van der Waals surface area contributed by atoms with Crippen LogP contribution in [0.25, 0.3) is 0 Å². The molecule has 2 atom stereocenters. The van der Waals surface area contributed by atoms with Crippen molar-refractivity contribution in [3.8, 4) is 6.07 Å². The molecule has 108 valence electrons. The molecule has 2 unspecified atom stereocenters. The highest BCUT2D eigenvalue weighted by Gasteiger charge is 2.15. The summed E-state index contributed by atoms with van der Waals surface area (Å²) in [6.45, 7) is 3.73. The summed E-state index contributed by atoms with van der Waals surface area (Å²) in [4.78, 5) is 11.9. The van der Waals surface area contributed by atoms with Crippen LogP contribution in [0.15, 0.2) is 18.2 Å². The zero-order chi connectivity index (χ0) is 15.1. The van der Waals surface area contributed by atoms with Crippen LogP contribution in [0.2, 0.25) is 0 Å². The maximum absolute atomic E-state index is 13.6. The summed E-state index contributed by atoms with van der Waals surface area (Å²) in [5.74, 6) is -1.03. The SMILES string of the molecule is CC(N)CCCC(C)C(=O)Nc1ccc(C#N)cc1F. The Morgan fingerprint density at radius 2 is 2.15 bits per heavy atom. The van der Waals surface area contributed by atoms with Crippen LogP contribution in [-0.4, -0.2) is 11.9 Å². The Labute approximate surface area is 118 Å². The largest absolute Gasteiger partial charge is 0.328 e. The second-order valence-electron chi connectivity index (χ2n) is 5.10. The molecule has 20 heavy (non-hydrogen) atoms. The van der Waals surface area contributed by atoms with Gasteiger partial charge in [0.15, 0.2) is 0 Å². The molecule has 0 spiro atoms. The van der Waals surface area contributed by atoms with Crippen molar-refractivity contribution in [2.24, 2.45) is 11.7 Å². The number of nitriles is 1. The number of hydrogen-bond acceptors (Lipinski definition) is 3. The summed E-state index contributed by atoms with van der Waals surface area (Å²) in [6, 6.07) is 5.95. The van der Waals surface area contributed by atoms with Gasteiger partial charge in [0.2, 0.25) is 5.91 Å². The fraction of sp³-hybridized carbons (Fsp3) is 0.467. The third-order valence-corrected chi connectivity index (χ3v) is 3.10. The van der Waals surface area contributed by atoms with Crippen molar-refractivity contribution in [3.05, 3.63) is 29.6 Å². The van der Waals surface area contributed by atoms with Gasteiger partial charge in [-0.1, -0.05) is 13.3 Å². The first-order valence-electron chi connectivity index (χ1n) is 6.70. The van der Waals surface area contributed by atoms with E-state index in [1.54, 1.807) is 6.92 Å². The Morgan fingerprint density at radius 1 is 1.45 bits per heavy atom. The summed E-state index contributed by atoms with van der Waals surface area (Å²) in [5.41, 5.74) is 5.98. The van der Waals surface area contributed by atoms with Crippen molar-refractivity contribution in [2.45, 2.75) is 39.2 Å². The van der Waals surface area contributed by atoms with E-state index in [0.717, 1.165) is 18.9 Å². The predicted molar refractivity (Wildman–Crippen MR) is 76.4 cm³/mol. The molecule has 0 fully saturated rings. The normalized spacial score (nSPS) is 13.3. The van der Waals surface area contributed by atoms with Crippen LogP contribution in [0.4, 0.5) is 10.1 Å². The fourth-order valence-corrected chi connectivity index (χ4v) is 1.82. The lowest BCUT2D eigenvalue weighted by Gasteiger charge is -2.13. The minimum atomic E-state index is -0.597. The van der Waals surface area contributed by atoms with Crippen LogP contribution >= 0.6 is 0 Å². The molecule has 0 heterocycles. The van der Waals surface area contributed by atoms with Crippen molar-refractivity contribution >= 4 is 11.6 Å². The number of amides is 1. The topological polar surface area (TPSA) is 78.9 Å². The molecule has 0 aliphatic rings. The Bertz CT molecular complexity index is 508. The van der Waals surface area contributed by atoms with Crippen molar-refractivity contribution in [1.29, 1.82) is 5.26 Å². The van der Waals surface area contributed by atoms with E-state index in [-0.39, 0.29) is 29.1 Å². The third-order valence-electron chi connectivity index (χ3n) is 3.10. The van der Waals surface area contributed by atoms with Gasteiger partial charge in [0.25, 0.3) is 0 Å². The smallest absolute Gasteiger partial charge is 0.227 e. The molecule has 1 aromatic rings. The van der Waals surface area contributed by atoms with Crippen LogP contribution < -0.4 is 11.1 Å². The number of nitrogens with two attached hydrogens (primary N) is 1. The van der Waals surface area contributed by atoms with Crippen molar-refractivity contribution in [3.63, 3.8) is 0 Å². The first-order chi connectivity index (χ1) is 9.43. The molecule has 1 aromatic carbocycles. The number of halogens is 1. The molecule has 5 heteroatoms. The van der Waals surface area contributed by atoms with Crippen LogP contribution in [-0.2, 0) is 4.79 Å². The van der Waals surface area contributed by atoms with E-state index in [0.29, 0.717) is 6.42 Å². The second kappa shape index (κ2) is 7.61. The summed E-state index contributed by atoms with van der Waals surface area (Å²) < 4.78 is 13.6. The quantitative estimate of drug-likeness (QED) is 0.839. The Morgan fingerprint density at radius 3 is 2.70 bits per heavy atom. The Balaban J connectivity index is 2.55. The molecule has 0 saturated heterocycles. The molecular weight excluding hydrogens is 257 g/mol. The maximum Gasteiger partial charge on any atom is 0.227 e. The van der Waals surface area contributed by atoms with E-state index in [4.69, 9.17) is 11.0 Å². The van der Waals surface area contributed by atoms with E-state index in [9.17, 15) is 9.18 Å². The average molecular weight is 277 g/mol. The second-order valence-corrected chi connectivity index (χ2v) is 5.10. The number of nitrogens with zero attached hydrogens (tertiary/aromatic N) is 1. The monoisotopic (exact) mass is 277 g/mol. The van der Waals surface area contributed by atoms with Gasteiger partial charge in [-0.3, -0.25) is 4.79 Å². The molecule has 1 rings (SSSR count). The van der Waals surface area contributed by atoms with E-state index < -0.39 is 5.82 Å². The van der Waals surface area contributed by atoms with Gasteiger partial charge < -0.3 is 11.1 Å².